The fourth-order valence-electron chi connectivity index (χ4n) is 1.46. The number of nitrogens with one attached hydrogen (secondary N) is 1. The van der Waals surface area contributed by atoms with Crippen molar-refractivity contribution < 1.29 is 4.42 Å². The number of nitrogens with zero attached hydrogens (tertiary/aromatic N) is 1. The summed E-state index contributed by atoms with van der Waals surface area (Å²) in [5.41, 5.74) is 0. The molecule has 0 amide bonds. The van der Waals surface area contributed by atoms with Gasteiger partial charge in [0, 0.05) is 6.42 Å². The molecule has 0 saturated heterocycles. The second-order valence-electron chi connectivity index (χ2n) is 4.38. The Bertz CT molecular complexity index is 281. The van der Waals surface area contributed by atoms with Crippen LogP contribution in [0, 0.1) is 5.92 Å². The van der Waals surface area contributed by atoms with Gasteiger partial charge in [0.1, 0.15) is 5.76 Å². The quantitative estimate of drug-likeness (QED) is 0.784. The zero-order valence-corrected chi connectivity index (χ0v) is 10.2. The van der Waals surface area contributed by atoms with Crippen molar-refractivity contribution in [2.24, 2.45) is 5.92 Å². The SMILES string of the molecule is CCNC(C)c1ncc(CCC(C)C)o1. The maximum absolute atomic E-state index is 5.67. The summed E-state index contributed by atoms with van der Waals surface area (Å²) in [4.78, 5) is 4.28. The Morgan fingerprint density at radius 1 is 1.40 bits per heavy atom. The van der Waals surface area contributed by atoms with Gasteiger partial charge in [-0.3, -0.25) is 0 Å². The second-order valence-corrected chi connectivity index (χ2v) is 4.38. The predicted molar refractivity (Wildman–Crippen MR) is 61.8 cm³/mol. The van der Waals surface area contributed by atoms with Gasteiger partial charge in [-0.15, -0.1) is 0 Å². The smallest absolute Gasteiger partial charge is 0.211 e. The van der Waals surface area contributed by atoms with Gasteiger partial charge in [0.2, 0.25) is 5.89 Å². The normalized spacial score (nSPS) is 13.4. The van der Waals surface area contributed by atoms with Gasteiger partial charge in [-0.05, 0) is 25.8 Å². The Hall–Kier alpha value is -0.830. The molecule has 86 valence electrons. The molecule has 0 saturated carbocycles. The number of aromatic nitrogens is 1. The van der Waals surface area contributed by atoms with Crippen LogP contribution < -0.4 is 5.32 Å². The molecule has 1 unspecified atom stereocenters. The van der Waals surface area contributed by atoms with Crippen LogP contribution >= 0.6 is 0 Å². The predicted octanol–water partition coefficient (Wildman–Crippen LogP) is 2.93. The van der Waals surface area contributed by atoms with Crippen LogP contribution in [0.4, 0.5) is 0 Å². The van der Waals surface area contributed by atoms with Crippen molar-refractivity contribution >= 4 is 0 Å². The molecule has 1 atom stereocenters. The first-order valence-corrected chi connectivity index (χ1v) is 5.81. The van der Waals surface area contributed by atoms with Crippen LogP contribution in [0.15, 0.2) is 10.6 Å². The summed E-state index contributed by atoms with van der Waals surface area (Å²) in [6, 6.07) is 0.211. The van der Waals surface area contributed by atoms with Crippen LogP contribution in [-0.2, 0) is 6.42 Å². The summed E-state index contributed by atoms with van der Waals surface area (Å²) in [6.45, 7) is 9.53. The molecule has 0 aliphatic carbocycles. The Balaban J connectivity index is 2.48. The maximum Gasteiger partial charge on any atom is 0.211 e. The Morgan fingerprint density at radius 2 is 2.13 bits per heavy atom. The van der Waals surface area contributed by atoms with E-state index in [1.54, 1.807) is 0 Å². The third kappa shape index (κ3) is 4.04. The minimum atomic E-state index is 0.211. The lowest BCUT2D eigenvalue weighted by Gasteiger charge is -2.07. The van der Waals surface area contributed by atoms with Gasteiger partial charge >= 0.3 is 0 Å². The summed E-state index contributed by atoms with van der Waals surface area (Å²) in [6.07, 6.45) is 4.00. The standard InChI is InChI=1S/C12H22N2O/c1-5-13-10(4)12-14-8-11(15-12)7-6-9(2)3/h8-10,13H,5-7H2,1-4H3. The van der Waals surface area contributed by atoms with Gasteiger partial charge in [-0.25, -0.2) is 4.98 Å². The minimum absolute atomic E-state index is 0.211. The first kappa shape index (κ1) is 12.2. The molecule has 0 spiro atoms. The highest BCUT2D eigenvalue weighted by Crippen LogP contribution is 2.15. The summed E-state index contributed by atoms with van der Waals surface area (Å²) in [5, 5.41) is 3.28. The summed E-state index contributed by atoms with van der Waals surface area (Å²) < 4.78 is 5.67. The summed E-state index contributed by atoms with van der Waals surface area (Å²) in [5.74, 6) is 2.52. The topological polar surface area (TPSA) is 38.1 Å². The van der Waals surface area contributed by atoms with Crippen LogP contribution in [0.25, 0.3) is 0 Å². The number of rotatable bonds is 6. The molecular formula is C12H22N2O. The van der Waals surface area contributed by atoms with E-state index in [0.717, 1.165) is 31.0 Å². The van der Waals surface area contributed by atoms with Gasteiger partial charge in [-0.2, -0.15) is 0 Å². The van der Waals surface area contributed by atoms with Crippen molar-refractivity contribution in [1.82, 2.24) is 10.3 Å². The first-order valence-electron chi connectivity index (χ1n) is 5.81. The van der Waals surface area contributed by atoms with E-state index in [1.165, 1.54) is 0 Å². The van der Waals surface area contributed by atoms with Crippen molar-refractivity contribution in [2.75, 3.05) is 6.54 Å². The number of oxazole rings is 1. The molecule has 15 heavy (non-hydrogen) atoms. The number of hydrogen-bond acceptors (Lipinski definition) is 3. The maximum atomic E-state index is 5.67. The van der Waals surface area contributed by atoms with E-state index >= 15 is 0 Å². The van der Waals surface area contributed by atoms with E-state index in [2.05, 4.69) is 38.0 Å². The summed E-state index contributed by atoms with van der Waals surface area (Å²) >= 11 is 0. The molecule has 0 fully saturated rings. The van der Waals surface area contributed by atoms with Gasteiger partial charge in [0.05, 0.1) is 12.2 Å². The van der Waals surface area contributed by atoms with E-state index in [9.17, 15) is 0 Å². The highest BCUT2D eigenvalue weighted by molar-refractivity contribution is 4.97. The Labute approximate surface area is 92.3 Å². The first-order chi connectivity index (χ1) is 7.13. The Kier molecular flexibility index (Phi) is 4.82. The van der Waals surface area contributed by atoms with Crippen molar-refractivity contribution in [1.29, 1.82) is 0 Å². The number of aryl methyl sites for hydroxylation is 1. The van der Waals surface area contributed by atoms with Crippen LogP contribution in [0.2, 0.25) is 0 Å². The van der Waals surface area contributed by atoms with Crippen molar-refractivity contribution in [3.8, 4) is 0 Å². The molecule has 3 nitrogen and oxygen atoms in total. The zero-order chi connectivity index (χ0) is 11.3. The average molecular weight is 210 g/mol. The molecule has 0 aliphatic heterocycles. The molecule has 0 bridgehead atoms. The fraction of sp³-hybridized carbons (Fsp3) is 0.750. The van der Waals surface area contributed by atoms with Crippen molar-refractivity contribution in [2.45, 2.75) is 46.6 Å². The van der Waals surface area contributed by atoms with Crippen molar-refractivity contribution in [3.05, 3.63) is 17.8 Å². The van der Waals surface area contributed by atoms with Crippen LogP contribution in [0.1, 0.15) is 51.8 Å². The molecule has 0 radical (unpaired) electrons. The van der Waals surface area contributed by atoms with Gasteiger partial charge in [0.25, 0.3) is 0 Å². The minimum Gasteiger partial charge on any atom is -0.444 e. The van der Waals surface area contributed by atoms with Crippen LogP contribution in [-0.4, -0.2) is 11.5 Å². The monoisotopic (exact) mass is 210 g/mol. The van der Waals surface area contributed by atoms with Crippen molar-refractivity contribution in [3.63, 3.8) is 0 Å². The van der Waals surface area contributed by atoms with Crippen LogP contribution in [0.5, 0.6) is 0 Å². The van der Waals surface area contributed by atoms with E-state index in [4.69, 9.17) is 4.42 Å². The van der Waals surface area contributed by atoms with Gasteiger partial charge in [-0.1, -0.05) is 20.8 Å². The van der Waals surface area contributed by atoms with Gasteiger partial charge < -0.3 is 9.73 Å². The van der Waals surface area contributed by atoms with E-state index in [0.29, 0.717) is 5.92 Å². The molecule has 1 heterocycles. The zero-order valence-electron chi connectivity index (χ0n) is 10.2. The third-order valence-electron chi connectivity index (χ3n) is 2.42. The molecule has 1 N–H and O–H groups in total. The molecule has 0 aliphatic rings. The van der Waals surface area contributed by atoms with E-state index in [-0.39, 0.29) is 6.04 Å². The molecule has 0 aromatic carbocycles. The lowest BCUT2D eigenvalue weighted by atomic mass is 10.1. The van der Waals surface area contributed by atoms with Gasteiger partial charge in [0.15, 0.2) is 0 Å². The summed E-state index contributed by atoms with van der Waals surface area (Å²) in [7, 11) is 0. The highest BCUT2D eigenvalue weighted by atomic mass is 16.4. The average Bonchev–Trinajstić information content (AvgIpc) is 2.63. The second kappa shape index (κ2) is 5.91. The molecule has 1 aromatic heterocycles. The molecular weight excluding hydrogens is 188 g/mol. The van der Waals surface area contributed by atoms with E-state index in [1.807, 2.05) is 6.20 Å². The lowest BCUT2D eigenvalue weighted by molar-refractivity contribution is 0.390. The number of hydrogen-bond donors (Lipinski definition) is 1. The third-order valence-corrected chi connectivity index (χ3v) is 2.42. The molecule has 1 rings (SSSR count). The highest BCUT2D eigenvalue weighted by Gasteiger charge is 2.10. The Morgan fingerprint density at radius 3 is 2.73 bits per heavy atom. The van der Waals surface area contributed by atoms with E-state index < -0.39 is 0 Å². The van der Waals surface area contributed by atoms with Crippen LogP contribution in [0.3, 0.4) is 0 Å². The molecule has 3 heteroatoms. The fourth-order valence-corrected chi connectivity index (χ4v) is 1.46. The lowest BCUT2D eigenvalue weighted by Crippen LogP contribution is -2.17. The molecule has 1 aromatic rings. The largest absolute Gasteiger partial charge is 0.444 e.